The lowest BCUT2D eigenvalue weighted by Gasteiger charge is -2.32. The zero-order valence-corrected chi connectivity index (χ0v) is 18.1. The van der Waals surface area contributed by atoms with Crippen LogP contribution in [0.2, 0.25) is 0 Å². The van der Waals surface area contributed by atoms with Crippen LogP contribution in [-0.4, -0.2) is 36.1 Å². The number of aryl methyl sites for hydroxylation is 1. The normalized spacial score (nSPS) is 15.9. The molecule has 1 N–H and O–H groups in total. The molecule has 6 nitrogen and oxygen atoms in total. The number of anilines is 1. The number of esters is 1. The number of hydrogen-bond acceptors (Lipinski definition) is 6. The van der Waals surface area contributed by atoms with E-state index in [-0.39, 0.29) is 36.4 Å². The van der Waals surface area contributed by atoms with Crippen molar-refractivity contribution in [1.29, 1.82) is 0 Å². The summed E-state index contributed by atoms with van der Waals surface area (Å²) in [5.41, 5.74) is 1.95. The Labute approximate surface area is 176 Å². The Bertz CT molecular complexity index is 814. The predicted octanol–water partition coefficient (Wildman–Crippen LogP) is 3.87. The Morgan fingerprint density at radius 2 is 1.93 bits per heavy atom. The van der Waals surface area contributed by atoms with Gasteiger partial charge in [0.25, 0.3) is 0 Å². The molecule has 0 bridgehead atoms. The summed E-state index contributed by atoms with van der Waals surface area (Å²) < 4.78 is 5.29. The lowest BCUT2D eigenvalue weighted by molar-refractivity contribution is -0.148. The van der Waals surface area contributed by atoms with Gasteiger partial charge >= 0.3 is 5.97 Å². The van der Waals surface area contributed by atoms with Gasteiger partial charge in [0.2, 0.25) is 5.91 Å². The number of benzene rings is 1. The number of amides is 1. The first-order valence-electron chi connectivity index (χ1n) is 10.1. The first-order valence-corrected chi connectivity index (χ1v) is 11.0. The Balaban J connectivity index is 1.60. The Morgan fingerprint density at radius 1 is 1.24 bits per heavy atom. The Hall–Kier alpha value is -2.41. The van der Waals surface area contributed by atoms with Crippen molar-refractivity contribution in [1.82, 2.24) is 10.3 Å². The fourth-order valence-corrected chi connectivity index (χ4v) is 4.38. The molecule has 0 spiro atoms. The quantitative estimate of drug-likeness (QED) is 0.695. The number of nitrogens with zero attached hydrogens (tertiary/aromatic N) is 2. The molecular weight excluding hydrogens is 386 g/mol. The highest BCUT2D eigenvalue weighted by atomic mass is 32.1. The molecule has 156 valence electrons. The molecule has 0 unspecified atom stereocenters. The van der Waals surface area contributed by atoms with Gasteiger partial charge in [0.05, 0.1) is 24.3 Å². The van der Waals surface area contributed by atoms with E-state index in [4.69, 9.17) is 4.74 Å². The van der Waals surface area contributed by atoms with Crippen molar-refractivity contribution in [2.75, 3.05) is 18.0 Å². The molecule has 1 atom stereocenters. The molecule has 3 rings (SSSR count). The average molecular weight is 416 g/mol. The number of ether oxygens (including phenoxy) is 1. The number of carbonyl (C=O) groups excluding carboxylic acids is 2. The fraction of sp³-hybridized carbons (Fsp3) is 0.500. The van der Waals surface area contributed by atoms with Crippen LogP contribution in [0.3, 0.4) is 0 Å². The standard InChI is InChI=1S/C22H29N3O3S/c1-15(2)28-20(26)13-19(17-7-5-4-6-8-17)24-21(27)18-9-11-25(12-10-18)22-23-16(3)14-29-22/h4-8,14-15,18-19H,9-13H2,1-3H3,(H,24,27)/t19-/m1/s1. The van der Waals surface area contributed by atoms with Crippen molar-refractivity contribution in [3.05, 3.63) is 47.0 Å². The van der Waals surface area contributed by atoms with Gasteiger partial charge in [-0.1, -0.05) is 30.3 Å². The van der Waals surface area contributed by atoms with Crippen LogP contribution in [-0.2, 0) is 14.3 Å². The van der Waals surface area contributed by atoms with Gasteiger partial charge in [-0.05, 0) is 39.2 Å². The van der Waals surface area contributed by atoms with Crippen LogP contribution in [0, 0.1) is 12.8 Å². The van der Waals surface area contributed by atoms with Gasteiger partial charge in [-0.25, -0.2) is 4.98 Å². The molecule has 7 heteroatoms. The summed E-state index contributed by atoms with van der Waals surface area (Å²) in [6.07, 6.45) is 1.52. The zero-order valence-electron chi connectivity index (χ0n) is 17.3. The van der Waals surface area contributed by atoms with Gasteiger partial charge in [0.15, 0.2) is 5.13 Å². The second kappa shape index (κ2) is 9.87. The number of hydrogen-bond donors (Lipinski definition) is 1. The summed E-state index contributed by atoms with van der Waals surface area (Å²) in [7, 11) is 0. The average Bonchev–Trinajstić information content (AvgIpc) is 3.14. The van der Waals surface area contributed by atoms with Gasteiger partial charge in [-0.2, -0.15) is 0 Å². The van der Waals surface area contributed by atoms with E-state index in [2.05, 4.69) is 20.6 Å². The molecule has 1 fully saturated rings. The molecule has 29 heavy (non-hydrogen) atoms. The molecular formula is C22H29N3O3S. The molecule has 0 saturated carbocycles. The van der Waals surface area contributed by atoms with E-state index in [9.17, 15) is 9.59 Å². The van der Waals surface area contributed by atoms with Crippen LogP contribution in [0.15, 0.2) is 35.7 Å². The molecule has 1 saturated heterocycles. The van der Waals surface area contributed by atoms with Crippen LogP contribution in [0.4, 0.5) is 5.13 Å². The van der Waals surface area contributed by atoms with E-state index >= 15 is 0 Å². The highest BCUT2D eigenvalue weighted by Crippen LogP contribution is 2.27. The highest BCUT2D eigenvalue weighted by Gasteiger charge is 2.29. The molecule has 2 aromatic rings. The van der Waals surface area contributed by atoms with Gasteiger partial charge < -0.3 is 15.0 Å². The zero-order chi connectivity index (χ0) is 20.8. The molecule has 1 amide bonds. The maximum atomic E-state index is 12.9. The Kier molecular flexibility index (Phi) is 7.25. The maximum Gasteiger partial charge on any atom is 0.308 e. The second-order valence-electron chi connectivity index (χ2n) is 7.75. The van der Waals surface area contributed by atoms with E-state index in [0.29, 0.717) is 0 Å². The molecule has 2 heterocycles. The number of piperidine rings is 1. The smallest absolute Gasteiger partial charge is 0.308 e. The number of nitrogens with one attached hydrogen (secondary N) is 1. The summed E-state index contributed by atoms with van der Waals surface area (Å²) in [5.74, 6) is -0.353. The third kappa shape index (κ3) is 6.03. The fourth-order valence-electron chi connectivity index (χ4n) is 3.52. The minimum absolute atomic E-state index is 0.00571. The SMILES string of the molecule is Cc1csc(N2CCC(C(=O)N[C@H](CC(=O)OC(C)C)c3ccccc3)CC2)n1. The molecule has 1 aromatic heterocycles. The van der Waals surface area contributed by atoms with Crippen molar-refractivity contribution < 1.29 is 14.3 Å². The molecule has 1 aliphatic heterocycles. The van der Waals surface area contributed by atoms with Gasteiger partial charge in [0, 0.05) is 24.4 Å². The second-order valence-corrected chi connectivity index (χ2v) is 8.58. The topological polar surface area (TPSA) is 71.5 Å². The third-order valence-corrected chi connectivity index (χ3v) is 6.02. The van der Waals surface area contributed by atoms with Crippen molar-refractivity contribution in [2.24, 2.45) is 5.92 Å². The minimum Gasteiger partial charge on any atom is -0.463 e. The molecule has 0 aliphatic carbocycles. The number of carbonyl (C=O) groups is 2. The van der Waals surface area contributed by atoms with Crippen molar-refractivity contribution in [3.8, 4) is 0 Å². The van der Waals surface area contributed by atoms with Crippen LogP contribution >= 0.6 is 11.3 Å². The third-order valence-electron chi connectivity index (χ3n) is 5.00. The molecule has 1 aromatic carbocycles. The van der Waals surface area contributed by atoms with E-state index in [1.54, 1.807) is 11.3 Å². The lowest BCUT2D eigenvalue weighted by Crippen LogP contribution is -2.42. The monoisotopic (exact) mass is 415 g/mol. The van der Waals surface area contributed by atoms with E-state index in [1.165, 1.54) is 0 Å². The Morgan fingerprint density at radius 3 is 2.52 bits per heavy atom. The largest absolute Gasteiger partial charge is 0.463 e. The summed E-state index contributed by atoms with van der Waals surface area (Å²) in [6, 6.07) is 9.23. The minimum atomic E-state index is -0.380. The summed E-state index contributed by atoms with van der Waals surface area (Å²) in [5, 5.41) is 6.17. The maximum absolute atomic E-state index is 12.9. The number of aromatic nitrogens is 1. The molecule has 1 aliphatic rings. The van der Waals surface area contributed by atoms with E-state index in [1.807, 2.05) is 51.1 Å². The summed E-state index contributed by atoms with van der Waals surface area (Å²) in [6.45, 7) is 7.28. The van der Waals surface area contributed by atoms with E-state index < -0.39 is 0 Å². The van der Waals surface area contributed by atoms with Crippen molar-refractivity contribution >= 4 is 28.3 Å². The van der Waals surface area contributed by atoms with Gasteiger partial charge in [0.1, 0.15) is 0 Å². The van der Waals surface area contributed by atoms with E-state index in [0.717, 1.165) is 42.3 Å². The first-order chi connectivity index (χ1) is 13.9. The van der Waals surface area contributed by atoms with Crippen LogP contribution < -0.4 is 10.2 Å². The number of thiazole rings is 1. The lowest BCUT2D eigenvalue weighted by atomic mass is 9.94. The van der Waals surface area contributed by atoms with Crippen LogP contribution in [0.25, 0.3) is 0 Å². The first kappa shape index (κ1) is 21.3. The van der Waals surface area contributed by atoms with Gasteiger partial charge in [-0.15, -0.1) is 11.3 Å². The summed E-state index contributed by atoms with van der Waals surface area (Å²) in [4.78, 5) is 31.9. The summed E-state index contributed by atoms with van der Waals surface area (Å²) >= 11 is 1.65. The van der Waals surface area contributed by atoms with Crippen molar-refractivity contribution in [3.63, 3.8) is 0 Å². The highest BCUT2D eigenvalue weighted by molar-refractivity contribution is 7.13. The van der Waals surface area contributed by atoms with Gasteiger partial charge in [-0.3, -0.25) is 9.59 Å². The number of rotatable bonds is 7. The van der Waals surface area contributed by atoms with Crippen LogP contribution in [0.5, 0.6) is 0 Å². The van der Waals surface area contributed by atoms with Crippen LogP contribution in [0.1, 0.15) is 50.4 Å². The van der Waals surface area contributed by atoms with Crippen molar-refractivity contribution in [2.45, 2.75) is 52.2 Å². The molecule has 0 radical (unpaired) electrons. The predicted molar refractivity (Wildman–Crippen MR) is 115 cm³/mol.